The zero-order valence-corrected chi connectivity index (χ0v) is 7.50. The van der Waals surface area contributed by atoms with Gasteiger partial charge in [0.25, 0.3) is 0 Å². The van der Waals surface area contributed by atoms with Crippen LogP contribution >= 0.6 is 11.6 Å². The molecule has 0 aromatic carbocycles. The van der Waals surface area contributed by atoms with E-state index in [0.717, 1.165) is 0 Å². The molecule has 15 heavy (non-hydrogen) atoms. The van der Waals surface area contributed by atoms with E-state index in [9.17, 15) is 23.3 Å². The average Bonchev–Trinajstić information content (AvgIpc) is 1.99. The summed E-state index contributed by atoms with van der Waals surface area (Å²) in [4.78, 5) is 14.8. The lowest BCUT2D eigenvalue weighted by Gasteiger charge is -2.07. The van der Waals surface area contributed by atoms with E-state index < -0.39 is 33.6 Å². The number of aromatic nitrogens is 2. The number of nitro groups is 1. The van der Waals surface area contributed by atoms with Gasteiger partial charge in [-0.05, 0) is 11.6 Å². The highest BCUT2D eigenvalue weighted by molar-refractivity contribution is 6.28. The lowest BCUT2D eigenvalue weighted by Crippen LogP contribution is -2.14. The Kier molecular flexibility index (Phi) is 2.67. The SMILES string of the molecule is Nc1nc(Cl)nc(C(F)(F)F)c1[N+](=O)[O-]. The van der Waals surface area contributed by atoms with Crippen molar-refractivity contribution in [3.05, 3.63) is 21.1 Å². The second-order valence-corrected chi connectivity index (χ2v) is 2.67. The summed E-state index contributed by atoms with van der Waals surface area (Å²) >= 11 is 5.11. The van der Waals surface area contributed by atoms with Crippen LogP contribution in [0.1, 0.15) is 5.69 Å². The molecule has 0 fully saturated rings. The van der Waals surface area contributed by atoms with Crippen molar-refractivity contribution in [1.82, 2.24) is 9.97 Å². The van der Waals surface area contributed by atoms with Gasteiger partial charge in [0.1, 0.15) is 0 Å². The molecule has 1 aromatic rings. The van der Waals surface area contributed by atoms with E-state index >= 15 is 0 Å². The highest BCUT2D eigenvalue weighted by atomic mass is 35.5. The number of hydrogen-bond donors (Lipinski definition) is 1. The third-order valence-electron chi connectivity index (χ3n) is 1.33. The standard InChI is InChI=1S/C5H2ClF3N4O2/c6-4-11-2(5(7,8)9)1(13(14)15)3(10)12-4/h(H2,10,11,12). The van der Waals surface area contributed by atoms with E-state index in [0.29, 0.717) is 0 Å². The molecule has 1 rings (SSSR count). The van der Waals surface area contributed by atoms with Gasteiger partial charge in [0.15, 0.2) is 0 Å². The Morgan fingerprint density at radius 3 is 2.33 bits per heavy atom. The number of anilines is 1. The smallest absolute Gasteiger partial charge is 0.378 e. The average molecular weight is 243 g/mol. The third-order valence-corrected chi connectivity index (χ3v) is 1.50. The molecule has 0 unspecified atom stereocenters. The largest absolute Gasteiger partial charge is 0.440 e. The van der Waals surface area contributed by atoms with Gasteiger partial charge in [-0.15, -0.1) is 0 Å². The van der Waals surface area contributed by atoms with Gasteiger partial charge in [0.2, 0.25) is 16.8 Å². The summed E-state index contributed by atoms with van der Waals surface area (Å²) in [5, 5.41) is 9.50. The maximum absolute atomic E-state index is 12.3. The predicted molar refractivity (Wildman–Crippen MR) is 43.1 cm³/mol. The van der Waals surface area contributed by atoms with Gasteiger partial charge < -0.3 is 5.73 Å². The predicted octanol–water partition coefficient (Wildman–Crippen LogP) is 1.64. The molecule has 82 valence electrons. The molecule has 0 spiro atoms. The van der Waals surface area contributed by atoms with Crippen molar-refractivity contribution in [2.45, 2.75) is 6.18 Å². The van der Waals surface area contributed by atoms with Crippen LogP contribution in [0.4, 0.5) is 24.7 Å². The normalized spacial score (nSPS) is 11.5. The minimum absolute atomic E-state index is 0.801. The second-order valence-electron chi connectivity index (χ2n) is 2.33. The topological polar surface area (TPSA) is 94.9 Å². The van der Waals surface area contributed by atoms with Gasteiger partial charge in [-0.1, -0.05) is 0 Å². The minimum atomic E-state index is -5.01. The van der Waals surface area contributed by atoms with Crippen molar-refractivity contribution in [3.8, 4) is 0 Å². The molecule has 2 N–H and O–H groups in total. The summed E-state index contributed by atoms with van der Waals surface area (Å²) in [6.07, 6.45) is -5.01. The monoisotopic (exact) mass is 242 g/mol. The molecule has 0 aliphatic carbocycles. The van der Waals surface area contributed by atoms with Crippen molar-refractivity contribution in [1.29, 1.82) is 0 Å². The number of nitrogens with two attached hydrogens (primary N) is 1. The maximum atomic E-state index is 12.3. The van der Waals surface area contributed by atoms with Crippen molar-refractivity contribution in [2.75, 3.05) is 5.73 Å². The number of nitrogen functional groups attached to an aromatic ring is 1. The van der Waals surface area contributed by atoms with Crippen LogP contribution in [-0.2, 0) is 6.18 Å². The van der Waals surface area contributed by atoms with E-state index in [1.165, 1.54) is 0 Å². The molecule has 0 aliphatic heterocycles. The molecule has 0 saturated carbocycles. The Hall–Kier alpha value is -1.64. The highest BCUT2D eigenvalue weighted by Crippen LogP contribution is 2.37. The maximum Gasteiger partial charge on any atom is 0.440 e. The Morgan fingerprint density at radius 1 is 1.40 bits per heavy atom. The minimum Gasteiger partial charge on any atom is -0.378 e. The van der Waals surface area contributed by atoms with Gasteiger partial charge >= 0.3 is 11.9 Å². The van der Waals surface area contributed by atoms with Crippen LogP contribution in [0, 0.1) is 10.1 Å². The van der Waals surface area contributed by atoms with Crippen molar-refractivity contribution in [2.24, 2.45) is 0 Å². The fourth-order valence-corrected chi connectivity index (χ4v) is 0.997. The quantitative estimate of drug-likeness (QED) is 0.459. The molecular weight excluding hydrogens is 241 g/mol. The zero-order chi connectivity index (χ0) is 11.8. The van der Waals surface area contributed by atoms with Crippen LogP contribution in [0.5, 0.6) is 0 Å². The fourth-order valence-electron chi connectivity index (χ4n) is 0.822. The first-order valence-corrected chi connectivity index (χ1v) is 3.66. The summed E-state index contributed by atoms with van der Waals surface area (Å²) in [6, 6.07) is 0. The van der Waals surface area contributed by atoms with Crippen LogP contribution in [0.2, 0.25) is 5.28 Å². The highest BCUT2D eigenvalue weighted by Gasteiger charge is 2.42. The Morgan fingerprint density at radius 2 is 1.93 bits per heavy atom. The summed E-state index contributed by atoms with van der Waals surface area (Å²) in [6.45, 7) is 0. The lowest BCUT2D eigenvalue weighted by molar-refractivity contribution is -0.387. The van der Waals surface area contributed by atoms with Gasteiger partial charge in [-0.2, -0.15) is 18.2 Å². The second kappa shape index (κ2) is 3.50. The van der Waals surface area contributed by atoms with Gasteiger partial charge in [-0.3, -0.25) is 10.1 Å². The molecule has 0 radical (unpaired) electrons. The molecule has 0 bridgehead atoms. The van der Waals surface area contributed by atoms with Gasteiger partial charge in [0.05, 0.1) is 4.92 Å². The summed E-state index contributed by atoms with van der Waals surface area (Å²) in [7, 11) is 0. The first-order chi connectivity index (χ1) is 6.73. The van der Waals surface area contributed by atoms with Crippen LogP contribution in [0.15, 0.2) is 0 Å². The summed E-state index contributed by atoms with van der Waals surface area (Å²) in [5.41, 5.74) is 1.79. The molecule has 0 aliphatic rings. The van der Waals surface area contributed by atoms with Gasteiger partial charge in [-0.25, -0.2) is 4.98 Å². The zero-order valence-electron chi connectivity index (χ0n) is 6.75. The van der Waals surface area contributed by atoms with E-state index in [2.05, 4.69) is 9.97 Å². The van der Waals surface area contributed by atoms with Crippen molar-refractivity contribution in [3.63, 3.8) is 0 Å². The molecule has 1 aromatic heterocycles. The van der Waals surface area contributed by atoms with Crippen LogP contribution in [0.25, 0.3) is 0 Å². The Bertz CT molecular complexity index is 421. The van der Waals surface area contributed by atoms with Gasteiger partial charge in [0, 0.05) is 0 Å². The van der Waals surface area contributed by atoms with Crippen molar-refractivity contribution >= 4 is 23.1 Å². The molecular formula is C5H2ClF3N4O2. The molecule has 10 heteroatoms. The Labute approximate surface area is 85.0 Å². The lowest BCUT2D eigenvalue weighted by atomic mass is 10.3. The van der Waals surface area contributed by atoms with Crippen LogP contribution < -0.4 is 5.73 Å². The number of halogens is 4. The van der Waals surface area contributed by atoms with E-state index in [1.54, 1.807) is 0 Å². The Balaban J connectivity index is 3.54. The first-order valence-electron chi connectivity index (χ1n) is 3.28. The molecule has 6 nitrogen and oxygen atoms in total. The first kappa shape index (κ1) is 11.4. The van der Waals surface area contributed by atoms with Crippen LogP contribution in [-0.4, -0.2) is 14.9 Å². The van der Waals surface area contributed by atoms with E-state index in [4.69, 9.17) is 17.3 Å². The molecule has 1 heterocycles. The van der Waals surface area contributed by atoms with E-state index in [1.807, 2.05) is 0 Å². The third kappa shape index (κ3) is 2.24. The molecule has 0 atom stereocenters. The van der Waals surface area contributed by atoms with E-state index in [-0.39, 0.29) is 0 Å². The molecule has 0 saturated heterocycles. The number of alkyl halides is 3. The number of rotatable bonds is 1. The number of nitrogens with zero attached hydrogens (tertiary/aromatic N) is 3. The molecule has 0 amide bonds. The van der Waals surface area contributed by atoms with Crippen LogP contribution in [0.3, 0.4) is 0 Å². The fraction of sp³-hybridized carbons (Fsp3) is 0.200. The summed E-state index contributed by atoms with van der Waals surface area (Å²) in [5.74, 6) is -0.924. The summed E-state index contributed by atoms with van der Waals surface area (Å²) < 4.78 is 36.8. The number of hydrogen-bond acceptors (Lipinski definition) is 5. The van der Waals surface area contributed by atoms with Crippen molar-refractivity contribution < 1.29 is 18.1 Å².